The van der Waals surface area contributed by atoms with Gasteiger partial charge in [-0.25, -0.2) is 9.78 Å². The molecule has 0 saturated heterocycles. The van der Waals surface area contributed by atoms with Crippen LogP contribution in [0.15, 0.2) is 54.6 Å². The van der Waals surface area contributed by atoms with Gasteiger partial charge in [0.05, 0.1) is 31.6 Å². The third-order valence-corrected chi connectivity index (χ3v) is 7.61. The summed E-state index contributed by atoms with van der Waals surface area (Å²) in [5.41, 5.74) is 6.30. The molecular weight excluding hydrogens is 578 g/mol. The van der Waals surface area contributed by atoms with Crippen LogP contribution < -0.4 is 21.1 Å². The molecule has 0 radical (unpaired) electrons. The fourth-order valence-electron chi connectivity index (χ4n) is 4.55. The lowest BCUT2D eigenvalue weighted by molar-refractivity contribution is 0.0697. The van der Waals surface area contributed by atoms with Crippen LogP contribution in [-0.2, 0) is 14.3 Å². The number of anilines is 1. The third kappa shape index (κ3) is 7.72. The van der Waals surface area contributed by atoms with Gasteiger partial charge in [-0.15, -0.1) is 0 Å². The zero-order valence-electron chi connectivity index (χ0n) is 23.4. The van der Waals surface area contributed by atoms with Crippen LogP contribution in [0.25, 0.3) is 11.1 Å². The van der Waals surface area contributed by atoms with Gasteiger partial charge in [-0.05, 0) is 66.8 Å². The molecule has 3 aromatic rings. The Labute approximate surface area is 248 Å². The van der Waals surface area contributed by atoms with E-state index in [1.165, 1.54) is 37.4 Å². The molecule has 1 aromatic heterocycles. The summed E-state index contributed by atoms with van der Waals surface area (Å²) in [6, 6.07) is 12.7. The lowest BCUT2D eigenvalue weighted by Gasteiger charge is -2.33. The van der Waals surface area contributed by atoms with E-state index in [-0.39, 0.29) is 52.2 Å². The molecular formula is C29H31N5O8S. The highest BCUT2D eigenvalue weighted by atomic mass is 32.2. The fourth-order valence-corrected chi connectivity index (χ4v) is 4.95. The number of nitrogen functional groups attached to an aromatic ring is 1. The molecule has 1 unspecified atom stereocenters. The second kappa shape index (κ2) is 13.0. The number of aromatic carboxylic acids is 1. The number of aromatic nitrogens is 1. The van der Waals surface area contributed by atoms with Crippen molar-refractivity contribution in [3.8, 4) is 17.0 Å². The molecule has 2 aromatic carbocycles. The van der Waals surface area contributed by atoms with Crippen molar-refractivity contribution >= 4 is 39.4 Å². The van der Waals surface area contributed by atoms with Gasteiger partial charge >= 0.3 is 5.97 Å². The number of carboxylic acid groups (broad SMARTS) is 1. The summed E-state index contributed by atoms with van der Waals surface area (Å²) < 4.78 is 33.1. The van der Waals surface area contributed by atoms with Gasteiger partial charge in [0.2, 0.25) is 5.88 Å². The van der Waals surface area contributed by atoms with E-state index >= 15 is 0 Å². The van der Waals surface area contributed by atoms with Gasteiger partial charge in [0.25, 0.3) is 21.9 Å². The van der Waals surface area contributed by atoms with E-state index in [1.54, 1.807) is 24.3 Å². The van der Waals surface area contributed by atoms with Crippen molar-refractivity contribution in [1.82, 2.24) is 10.3 Å². The number of amidine groups is 1. The Morgan fingerprint density at radius 2 is 1.70 bits per heavy atom. The molecule has 2 amide bonds. The molecule has 1 aliphatic rings. The van der Waals surface area contributed by atoms with Crippen LogP contribution in [-0.4, -0.2) is 68.1 Å². The molecule has 43 heavy (non-hydrogen) atoms. The van der Waals surface area contributed by atoms with Crippen LogP contribution in [0.1, 0.15) is 56.0 Å². The zero-order valence-corrected chi connectivity index (χ0v) is 24.2. The standard InChI is InChI=1S/C29H31N5O8S/c1-41-24-13-12-21(25(34-24)28(36)32-19-9-6-17(7-10-19)26(30)31)20-11-8-18(14-22(20)29(37)38)27(35)33-23(16-4-3-5-16)15-42-43(2,39)40/h6-14,16,23H,3-5,15H2,1-2H3,(H3,30,31)(H,32,36)(H,33,35)(H,37,38). The number of nitrogens with zero attached hydrogens (tertiary/aromatic N) is 1. The van der Waals surface area contributed by atoms with Gasteiger partial charge in [-0.1, -0.05) is 12.5 Å². The minimum atomic E-state index is -3.72. The van der Waals surface area contributed by atoms with Crippen molar-refractivity contribution in [3.63, 3.8) is 0 Å². The molecule has 0 spiro atoms. The predicted molar refractivity (Wildman–Crippen MR) is 158 cm³/mol. The molecule has 226 valence electrons. The average Bonchev–Trinajstić information content (AvgIpc) is 2.94. The van der Waals surface area contributed by atoms with E-state index in [4.69, 9.17) is 20.1 Å². The number of carbonyl (C=O) groups is 3. The zero-order chi connectivity index (χ0) is 31.3. The van der Waals surface area contributed by atoms with E-state index in [0.29, 0.717) is 11.3 Å². The number of methoxy groups -OCH3 is 1. The Hall–Kier alpha value is -4.82. The van der Waals surface area contributed by atoms with Crippen LogP contribution in [0.2, 0.25) is 0 Å². The van der Waals surface area contributed by atoms with Gasteiger partial charge < -0.3 is 26.2 Å². The molecule has 14 heteroatoms. The van der Waals surface area contributed by atoms with E-state index in [2.05, 4.69) is 15.6 Å². The molecule has 6 N–H and O–H groups in total. The number of hydrogen-bond donors (Lipinski definition) is 5. The van der Waals surface area contributed by atoms with Crippen LogP contribution in [0.3, 0.4) is 0 Å². The smallest absolute Gasteiger partial charge is 0.336 e. The van der Waals surface area contributed by atoms with Crippen LogP contribution in [0.5, 0.6) is 5.88 Å². The number of benzene rings is 2. The van der Waals surface area contributed by atoms with E-state index in [9.17, 15) is 27.9 Å². The minimum absolute atomic E-state index is 0.0304. The summed E-state index contributed by atoms with van der Waals surface area (Å²) in [5, 5.41) is 23.1. The molecule has 4 rings (SSSR count). The van der Waals surface area contributed by atoms with Crippen molar-refractivity contribution in [2.45, 2.75) is 25.3 Å². The monoisotopic (exact) mass is 609 g/mol. The van der Waals surface area contributed by atoms with Gasteiger partial charge in [-0.2, -0.15) is 8.42 Å². The largest absolute Gasteiger partial charge is 0.481 e. The molecule has 1 heterocycles. The Morgan fingerprint density at radius 1 is 1.05 bits per heavy atom. The number of carbonyl (C=O) groups excluding carboxylic acids is 2. The highest BCUT2D eigenvalue weighted by Gasteiger charge is 2.30. The van der Waals surface area contributed by atoms with Crippen molar-refractivity contribution in [2.75, 3.05) is 25.3 Å². The first-order chi connectivity index (χ1) is 20.4. The quantitative estimate of drug-likeness (QED) is 0.115. The fraction of sp³-hybridized carbons (Fsp3) is 0.276. The lowest BCUT2D eigenvalue weighted by atomic mass is 9.80. The first-order valence-electron chi connectivity index (χ1n) is 13.2. The number of nitrogens with two attached hydrogens (primary N) is 1. The van der Waals surface area contributed by atoms with Crippen LogP contribution in [0, 0.1) is 11.3 Å². The van der Waals surface area contributed by atoms with E-state index < -0.39 is 33.9 Å². The van der Waals surface area contributed by atoms with Gasteiger partial charge in [0.15, 0.2) is 0 Å². The second-order valence-corrected chi connectivity index (χ2v) is 11.7. The SMILES string of the molecule is COc1ccc(-c2ccc(C(=O)NC(COS(C)(=O)=O)C3CCC3)cc2C(=O)O)c(C(=O)Nc2ccc(C(=N)N)cc2)n1. The first-order valence-corrected chi connectivity index (χ1v) is 15.0. The first kappa shape index (κ1) is 31.1. The summed E-state index contributed by atoms with van der Waals surface area (Å²) in [4.78, 5) is 43.1. The molecule has 1 saturated carbocycles. The third-order valence-electron chi connectivity index (χ3n) is 7.05. The Balaban J connectivity index is 1.65. The van der Waals surface area contributed by atoms with Gasteiger partial charge in [0, 0.05) is 28.4 Å². The van der Waals surface area contributed by atoms with Crippen molar-refractivity contribution in [1.29, 1.82) is 5.41 Å². The highest BCUT2D eigenvalue weighted by molar-refractivity contribution is 7.85. The summed E-state index contributed by atoms with van der Waals surface area (Å²) in [6.07, 6.45) is 3.47. The number of pyridine rings is 1. The predicted octanol–water partition coefficient (Wildman–Crippen LogP) is 2.87. The molecule has 0 bridgehead atoms. The normalized spacial score (nSPS) is 13.8. The Morgan fingerprint density at radius 3 is 2.26 bits per heavy atom. The number of ether oxygens (including phenoxy) is 1. The molecule has 0 aliphatic heterocycles. The van der Waals surface area contributed by atoms with Gasteiger partial charge in [-0.3, -0.25) is 19.2 Å². The van der Waals surface area contributed by atoms with E-state index in [1.807, 2.05) is 0 Å². The van der Waals surface area contributed by atoms with Crippen molar-refractivity contribution in [2.24, 2.45) is 11.7 Å². The summed E-state index contributed by atoms with van der Waals surface area (Å²) in [7, 11) is -2.35. The maximum absolute atomic E-state index is 13.3. The van der Waals surface area contributed by atoms with E-state index in [0.717, 1.165) is 25.5 Å². The summed E-state index contributed by atoms with van der Waals surface area (Å²) in [5.74, 6) is -2.57. The lowest BCUT2D eigenvalue weighted by Crippen LogP contribution is -2.46. The number of carboxylic acids is 1. The van der Waals surface area contributed by atoms with Crippen molar-refractivity contribution < 1.29 is 36.8 Å². The maximum Gasteiger partial charge on any atom is 0.336 e. The number of amides is 2. The number of rotatable bonds is 12. The molecule has 13 nitrogen and oxygen atoms in total. The average molecular weight is 610 g/mol. The topological polar surface area (TPSA) is 211 Å². The summed E-state index contributed by atoms with van der Waals surface area (Å²) >= 11 is 0. The number of nitrogens with one attached hydrogen (secondary N) is 3. The minimum Gasteiger partial charge on any atom is -0.481 e. The Kier molecular flexibility index (Phi) is 9.41. The van der Waals surface area contributed by atoms with Gasteiger partial charge in [0.1, 0.15) is 11.5 Å². The maximum atomic E-state index is 13.3. The van der Waals surface area contributed by atoms with Crippen LogP contribution in [0.4, 0.5) is 5.69 Å². The highest BCUT2D eigenvalue weighted by Crippen LogP contribution is 2.32. The molecule has 1 atom stereocenters. The number of hydrogen-bond acceptors (Lipinski definition) is 9. The van der Waals surface area contributed by atoms with Crippen molar-refractivity contribution in [3.05, 3.63) is 77.0 Å². The Bertz CT molecular complexity index is 1670. The second-order valence-electron chi connectivity index (χ2n) is 10.0. The summed E-state index contributed by atoms with van der Waals surface area (Å²) in [6.45, 7) is -0.230. The van der Waals surface area contributed by atoms with Crippen LogP contribution >= 0.6 is 0 Å². The molecule has 1 fully saturated rings. The molecule has 1 aliphatic carbocycles.